The first kappa shape index (κ1) is 41.4. The van der Waals surface area contributed by atoms with Gasteiger partial charge in [-0.2, -0.15) is 0 Å². The van der Waals surface area contributed by atoms with E-state index in [1.165, 1.54) is 128 Å². The standard InChI is InChI=1S/C37H77N2O3/c1-6-8-10-12-14-16-18-20-22-24-26-28-30-37(35-41,38(32-33-40)36(42)34-39(3,4)5)31-29-27-25-23-21-19-17-15-13-11-9-7-2/h40-41H,6-35H2,1-5H3/q+1. The molecule has 0 aliphatic heterocycles. The number of quaternary nitrogens is 1. The Morgan fingerprint density at radius 1 is 0.548 bits per heavy atom. The largest absolute Gasteiger partial charge is 0.395 e. The number of likely N-dealkylation sites (N-methyl/N-ethyl adjacent to an activating group) is 1. The summed E-state index contributed by atoms with van der Waals surface area (Å²) in [5.74, 6) is 0.0588. The van der Waals surface area contributed by atoms with E-state index < -0.39 is 5.54 Å². The number of hydrogen-bond donors (Lipinski definition) is 2. The van der Waals surface area contributed by atoms with Gasteiger partial charge in [0.2, 0.25) is 0 Å². The van der Waals surface area contributed by atoms with Gasteiger partial charge < -0.3 is 19.6 Å². The summed E-state index contributed by atoms with van der Waals surface area (Å²) in [6.45, 7) is 5.19. The molecule has 0 aromatic rings. The molecule has 0 saturated carbocycles. The molecule has 42 heavy (non-hydrogen) atoms. The molecule has 0 unspecified atom stereocenters. The number of aliphatic hydroxyl groups excluding tert-OH is 2. The van der Waals surface area contributed by atoms with Crippen LogP contribution in [0.4, 0.5) is 0 Å². The zero-order valence-corrected chi connectivity index (χ0v) is 29.4. The Morgan fingerprint density at radius 2 is 0.857 bits per heavy atom. The van der Waals surface area contributed by atoms with Gasteiger partial charge in [0.25, 0.3) is 5.91 Å². The maximum Gasteiger partial charge on any atom is 0.278 e. The summed E-state index contributed by atoms with van der Waals surface area (Å²) in [7, 11) is 6.10. The van der Waals surface area contributed by atoms with Crippen molar-refractivity contribution in [2.45, 2.75) is 186 Å². The molecule has 5 nitrogen and oxygen atoms in total. The number of hydrogen-bond acceptors (Lipinski definition) is 3. The Hall–Kier alpha value is -0.650. The first-order valence-electron chi connectivity index (χ1n) is 18.6. The average Bonchev–Trinajstić information content (AvgIpc) is 2.95. The van der Waals surface area contributed by atoms with Crippen LogP contribution in [0.5, 0.6) is 0 Å². The molecule has 0 spiro atoms. The number of carbonyl (C=O) groups excluding carboxylic acids is 1. The third-order valence-electron chi connectivity index (χ3n) is 9.09. The Balaban J connectivity index is 4.72. The van der Waals surface area contributed by atoms with Crippen LogP contribution in [0.15, 0.2) is 0 Å². The van der Waals surface area contributed by atoms with Gasteiger partial charge in [0.15, 0.2) is 6.54 Å². The number of carbonyl (C=O) groups is 1. The summed E-state index contributed by atoms with van der Waals surface area (Å²) in [5, 5.41) is 20.7. The highest BCUT2D eigenvalue weighted by molar-refractivity contribution is 5.78. The molecule has 252 valence electrons. The van der Waals surface area contributed by atoms with Gasteiger partial charge in [-0.15, -0.1) is 0 Å². The first-order chi connectivity index (χ1) is 20.3. The summed E-state index contributed by atoms with van der Waals surface area (Å²) >= 11 is 0. The summed E-state index contributed by atoms with van der Waals surface area (Å²) in [6, 6.07) is 0. The van der Waals surface area contributed by atoms with Crippen molar-refractivity contribution in [2.24, 2.45) is 0 Å². The average molecular weight is 598 g/mol. The number of aliphatic hydroxyl groups is 2. The van der Waals surface area contributed by atoms with E-state index in [0.29, 0.717) is 17.6 Å². The fourth-order valence-electron chi connectivity index (χ4n) is 6.45. The molecule has 1 amide bonds. The highest BCUT2D eigenvalue weighted by Crippen LogP contribution is 2.30. The second-order valence-electron chi connectivity index (χ2n) is 14.4. The van der Waals surface area contributed by atoms with Gasteiger partial charge in [0.1, 0.15) is 0 Å². The predicted octanol–water partition coefficient (Wildman–Crippen LogP) is 9.43. The SMILES string of the molecule is CCCCCCCCCCCCCCC(CO)(CCCCCCCCCCCCCC)N(CCO)C(=O)C[N+](C)(C)C. The Bertz CT molecular complexity index is 562. The summed E-state index contributed by atoms with van der Waals surface area (Å²) in [5.41, 5.74) is -0.550. The molecule has 0 aromatic carbocycles. The van der Waals surface area contributed by atoms with Crippen molar-refractivity contribution in [2.75, 3.05) is 47.4 Å². The lowest BCUT2D eigenvalue weighted by Gasteiger charge is -2.44. The molecular formula is C37H77N2O3+. The quantitative estimate of drug-likeness (QED) is 0.0600. The van der Waals surface area contributed by atoms with Gasteiger partial charge in [-0.25, -0.2) is 0 Å². The summed E-state index contributed by atoms with van der Waals surface area (Å²) in [4.78, 5) is 15.3. The maximum atomic E-state index is 13.5. The molecular weight excluding hydrogens is 520 g/mol. The van der Waals surface area contributed by atoms with E-state index in [1.807, 2.05) is 26.0 Å². The van der Waals surface area contributed by atoms with E-state index in [2.05, 4.69) is 13.8 Å². The minimum Gasteiger partial charge on any atom is -0.395 e. The minimum absolute atomic E-state index is 0.00799. The van der Waals surface area contributed by atoms with Gasteiger partial charge in [0, 0.05) is 6.54 Å². The van der Waals surface area contributed by atoms with Crippen LogP contribution in [0.3, 0.4) is 0 Å². The van der Waals surface area contributed by atoms with Crippen LogP contribution in [0, 0.1) is 0 Å². The number of amides is 1. The topological polar surface area (TPSA) is 60.8 Å². The Labute approximate surface area is 263 Å². The smallest absolute Gasteiger partial charge is 0.278 e. The lowest BCUT2D eigenvalue weighted by molar-refractivity contribution is -0.862. The van der Waals surface area contributed by atoms with Crippen LogP contribution < -0.4 is 0 Å². The number of nitrogens with zero attached hydrogens (tertiary/aromatic N) is 2. The molecule has 0 rings (SSSR count). The first-order valence-corrected chi connectivity index (χ1v) is 18.6. The number of β-amino-alcohol motifs (C(OH)–C–C–N with tert-alkyl or cyclic N) is 1. The fraction of sp³-hybridized carbons (Fsp3) is 0.973. The Morgan fingerprint density at radius 3 is 1.12 bits per heavy atom. The second-order valence-corrected chi connectivity index (χ2v) is 14.4. The van der Waals surface area contributed by atoms with Crippen molar-refractivity contribution in [3.05, 3.63) is 0 Å². The highest BCUT2D eigenvalue weighted by atomic mass is 16.3. The third-order valence-corrected chi connectivity index (χ3v) is 9.09. The van der Waals surface area contributed by atoms with E-state index >= 15 is 0 Å². The van der Waals surface area contributed by atoms with Gasteiger partial charge in [-0.05, 0) is 12.8 Å². The van der Waals surface area contributed by atoms with Gasteiger partial charge in [0.05, 0.1) is 39.9 Å². The van der Waals surface area contributed by atoms with Crippen molar-refractivity contribution in [1.29, 1.82) is 0 Å². The van der Waals surface area contributed by atoms with Crippen LogP contribution in [-0.2, 0) is 4.79 Å². The monoisotopic (exact) mass is 598 g/mol. The van der Waals surface area contributed by atoms with Crippen LogP contribution in [0.2, 0.25) is 0 Å². The molecule has 0 saturated heterocycles. The number of unbranched alkanes of at least 4 members (excludes halogenated alkanes) is 22. The van der Waals surface area contributed by atoms with Gasteiger partial charge in [-0.3, -0.25) is 4.79 Å². The predicted molar refractivity (Wildman–Crippen MR) is 183 cm³/mol. The molecule has 0 bridgehead atoms. The highest BCUT2D eigenvalue weighted by Gasteiger charge is 2.39. The van der Waals surface area contributed by atoms with Crippen LogP contribution in [-0.4, -0.2) is 78.5 Å². The molecule has 0 heterocycles. The zero-order chi connectivity index (χ0) is 31.4. The molecule has 0 fully saturated rings. The van der Waals surface area contributed by atoms with Gasteiger partial charge >= 0.3 is 0 Å². The van der Waals surface area contributed by atoms with Crippen molar-refractivity contribution in [1.82, 2.24) is 4.90 Å². The summed E-state index contributed by atoms with van der Waals surface area (Å²) in [6.07, 6.45) is 33.0. The van der Waals surface area contributed by atoms with Crippen molar-refractivity contribution in [3.8, 4) is 0 Å². The molecule has 5 heteroatoms. The molecule has 0 aromatic heterocycles. The second kappa shape index (κ2) is 27.9. The maximum absolute atomic E-state index is 13.5. The van der Waals surface area contributed by atoms with Crippen molar-refractivity contribution in [3.63, 3.8) is 0 Å². The molecule has 2 N–H and O–H groups in total. The third kappa shape index (κ3) is 22.8. The summed E-state index contributed by atoms with van der Waals surface area (Å²) < 4.78 is 0.555. The van der Waals surface area contributed by atoms with Crippen LogP contribution >= 0.6 is 0 Å². The van der Waals surface area contributed by atoms with E-state index in [9.17, 15) is 15.0 Å². The number of rotatable bonds is 32. The fourth-order valence-corrected chi connectivity index (χ4v) is 6.45. The molecule has 0 radical (unpaired) electrons. The van der Waals surface area contributed by atoms with Crippen molar-refractivity contribution < 1.29 is 19.5 Å². The zero-order valence-electron chi connectivity index (χ0n) is 29.4. The minimum atomic E-state index is -0.550. The van der Waals surface area contributed by atoms with E-state index in [-0.39, 0.29) is 19.1 Å². The van der Waals surface area contributed by atoms with Crippen LogP contribution in [0.25, 0.3) is 0 Å². The molecule has 0 atom stereocenters. The van der Waals surface area contributed by atoms with Gasteiger partial charge in [-0.1, -0.05) is 168 Å². The van der Waals surface area contributed by atoms with Crippen molar-refractivity contribution >= 4 is 5.91 Å². The normalized spacial score (nSPS) is 12.3. The van der Waals surface area contributed by atoms with Crippen LogP contribution in [0.1, 0.15) is 181 Å². The van der Waals surface area contributed by atoms with E-state index in [0.717, 1.165) is 38.5 Å². The lowest BCUT2D eigenvalue weighted by Crippen LogP contribution is -2.58. The molecule has 0 aliphatic carbocycles. The van der Waals surface area contributed by atoms with E-state index in [4.69, 9.17) is 0 Å². The Kier molecular flexibility index (Phi) is 27.4. The lowest BCUT2D eigenvalue weighted by atomic mass is 9.84. The molecule has 0 aliphatic rings. The van der Waals surface area contributed by atoms with E-state index in [1.54, 1.807) is 0 Å².